The molecule has 0 fully saturated rings. The molecule has 0 saturated carbocycles. The second kappa shape index (κ2) is 5.63. The normalized spacial score (nSPS) is 12.3. The number of rotatable bonds is 3. The molecule has 0 aliphatic heterocycles. The molecule has 2 aromatic carbocycles. The van der Waals surface area contributed by atoms with Crippen LogP contribution in [-0.4, -0.2) is 7.11 Å². The zero-order valence-electron chi connectivity index (χ0n) is 12.3. The van der Waals surface area contributed by atoms with Gasteiger partial charge in [0, 0.05) is 5.56 Å². The Hall–Kier alpha value is -1.87. The molecule has 0 aliphatic carbocycles. The fraction of sp³-hybridized carbons (Fsp3) is 0.294. The van der Waals surface area contributed by atoms with Crippen molar-refractivity contribution in [2.24, 2.45) is 5.73 Å². The van der Waals surface area contributed by atoms with E-state index in [-0.39, 0.29) is 5.82 Å². The molecule has 2 aromatic rings. The monoisotopic (exact) mass is 273 g/mol. The fourth-order valence-electron chi connectivity index (χ4n) is 2.44. The van der Waals surface area contributed by atoms with Crippen molar-refractivity contribution in [2.45, 2.75) is 26.8 Å². The van der Waals surface area contributed by atoms with Crippen molar-refractivity contribution < 1.29 is 9.13 Å². The lowest BCUT2D eigenvalue weighted by atomic mass is 9.93. The molecule has 1 atom stereocenters. The quantitative estimate of drug-likeness (QED) is 0.923. The highest BCUT2D eigenvalue weighted by molar-refractivity contribution is 5.46. The number of benzene rings is 2. The smallest absolute Gasteiger partial charge is 0.128 e. The zero-order valence-corrected chi connectivity index (χ0v) is 12.3. The molecule has 2 N–H and O–H groups in total. The summed E-state index contributed by atoms with van der Waals surface area (Å²) in [6, 6.07) is 8.46. The third-order valence-corrected chi connectivity index (χ3v) is 3.61. The van der Waals surface area contributed by atoms with Gasteiger partial charge in [-0.1, -0.05) is 23.8 Å². The van der Waals surface area contributed by atoms with Gasteiger partial charge in [0.2, 0.25) is 0 Å². The molecule has 20 heavy (non-hydrogen) atoms. The summed E-state index contributed by atoms with van der Waals surface area (Å²) in [6.45, 7) is 5.85. The highest BCUT2D eigenvalue weighted by Crippen LogP contribution is 2.30. The van der Waals surface area contributed by atoms with Crippen molar-refractivity contribution in [3.8, 4) is 5.75 Å². The van der Waals surface area contributed by atoms with Gasteiger partial charge in [-0.15, -0.1) is 0 Å². The summed E-state index contributed by atoms with van der Waals surface area (Å²) in [5.41, 5.74) is 10.7. The first kappa shape index (κ1) is 14.5. The Balaban J connectivity index is 2.50. The molecule has 0 aliphatic rings. The number of aryl methyl sites for hydroxylation is 3. The lowest BCUT2D eigenvalue weighted by Crippen LogP contribution is -2.15. The number of nitrogens with two attached hydrogens (primary N) is 1. The van der Waals surface area contributed by atoms with Crippen LogP contribution < -0.4 is 10.5 Å². The number of hydrogen-bond donors (Lipinski definition) is 1. The van der Waals surface area contributed by atoms with Gasteiger partial charge in [-0.2, -0.15) is 0 Å². The minimum Gasteiger partial charge on any atom is -0.496 e. The number of halogens is 1. The van der Waals surface area contributed by atoms with E-state index >= 15 is 0 Å². The van der Waals surface area contributed by atoms with Gasteiger partial charge in [0.25, 0.3) is 0 Å². The van der Waals surface area contributed by atoms with Gasteiger partial charge in [-0.05, 0) is 49.6 Å². The average molecular weight is 273 g/mol. The minimum atomic E-state index is -0.473. The zero-order chi connectivity index (χ0) is 14.9. The van der Waals surface area contributed by atoms with Crippen molar-refractivity contribution in [3.63, 3.8) is 0 Å². The third-order valence-electron chi connectivity index (χ3n) is 3.61. The van der Waals surface area contributed by atoms with Crippen LogP contribution >= 0.6 is 0 Å². The van der Waals surface area contributed by atoms with Crippen molar-refractivity contribution in [1.82, 2.24) is 0 Å². The molecule has 3 heteroatoms. The van der Waals surface area contributed by atoms with Crippen LogP contribution in [0.4, 0.5) is 4.39 Å². The molecule has 0 amide bonds. The van der Waals surface area contributed by atoms with Crippen LogP contribution in [0.2, 0.25) is 0 Å². The molecule has 2 nitrogen and oxygen atoms in total. The molecular weight excluding hydrogens is 253 g/mol. The summed E-state index contributed by atoms with van der Waals surface area (Å²) in [6.07, 6.45) is 0. The number of methoxy groups -OCH3 is 1. The van der Waals surface area contributed by atoms with E-state index in [0.717, 1.165) is 28.0 Å². The number of ether oxygens (including phenoxy) is 1. The Morgan fingerprint density at radius 2 is 1.70 bits per heavy atom. The van der Waals surface area contributed by atoms with Crippen molar-refractivity contribution in [2.75, 3.05) is 7.11 Å². The van der Waals surface area contributed by atoms with Gasteiger partial charge in [0.05, 0.1) is 13.2 Å². The first-order valence-corrected chi connectivity index (χ1v) is 6.60. The van der Waals surface area contributed by atoms with Crippen LogP contribution in [0.5, 0.6) is 5.75 Å². The van der Waals surface area contributed by atoms with Crippen LogP contribution in [0, 0.1) is 26.6 Å². The summed E-state index contributed by atoms with van der Waals surface area (Å²) in [5, 5.41) is 0. The second-order valence-corrected chi connectivity index (χ2v) is 5.18. The van der Waals surface area contributed by atoms with Gasteiger partial charge < -0.3 is 10.5 Å². The van der Waals surface area contributed by atoms with E-state index in [0.29, 0.717) is 5.56 Å². The van der Waals surface area contributed by atoms with E-state index in [1.165, 1.54) is 6.07 Å². The van der Waals surface area contributed by atoms with Crippen molar-refractivity contribution >= 4 is 0 Å². The Bertz CT molecular complexity index is 637. The fourth-order valence-corrected chi connectivity index (χ4v) is 2.44. The molecule has 0 heterocycles. The van der Waals surface area contributed by atoms with Crippen LogP contribution in [0.3, 0.4) is 0 Å². The molecule has 0 bridgehead atoms. The van der Waals surface area contributed by atoms with Gasteiger partial charge in [-0.3, -0.25) is 0 Å². The van der Waals surface area contributed by atoms with Crippen LogP contribution in [0.1, 0.15) is 33.9 Å². The van der Waals surface area contributed by atoms with E-state index < -0.39 is 6.04 Å². The van der Waals surface area contributed by atoms with Crippen LogP contribution in [0.25, 0.3) is 0 Å². The first-order valence-electron chi connectivity index (χ1n) is 6.60. The van der Waals surface area contributed by atoms with E-state index in [4.69, 9.17) is 10.5 Å². The molecular formula is C17H20FNO. The third kappa shape index (κ3) is 2.68. The molecule has 0 saturated heterocycles. The Labute approximate surface area is 119 Å². The average Bonchev–Trinajstić information content (AvgIpc) is 2.42. The molecule has 1 unspecified atom stereocenters. The molecule has 106 valence electrons. The maximum atomic E-state index is 14.0. The van der Waals surface area contributed by atoms with Crippen molar-refractivity contribution in [3.05, 3.63) is 64.0 Å². The Morgan fingerprint density at radius 1 is 1.00 bits per heavy atom. The molecule has 2 rings (SSSR count). The number of hydrogen-bond acceptors (Lipinski definition) is 2. The van der Waals surface area contributed by atoms with E-state index in [1.807, 2.05) is 32.9 Å². The van der Waals surface area contributed by atoms with Crippen molar-refractivity contribution in [1.29, 1.82) is 0 Å². The second-order valence-electron chi connectivity index (χ2n) is 5.18. The Morgan fingerprint density at radius 3 is 2.35 bits per heavy atom. The van der Waals surface area contributed by atoms with Gasteiger partial charge in [-0.25, -0.2) is 4.39 Å². The lowest BCUT2D eigenvalue weighted by Gasteiger charge is -2.18. The predicted octanol–water partition coefficient (Wildman–Crippen LogP) is 3.81. The minimum absolute atomic E-state index is 0.268. The summed E-state index contributed by atoms with van der Waals surface area (Å²) < 4.78 is 19.3. The lowest BCUT2D eigenvalue weighted by molar-refractivity contribution is 0.411. The summed E-state index contributed by atoms with van der Waals surface area (Å²) >= 11 is 0. The van der Waals surface area contributed by atoms with Crippen LogP contribution in [0.15, 0.2) is 30.3 Å². The highest BCUT2D eigenvalue weighted by Gasteiger charge is 2.17. The topological polar surface area (TPSA) is 35.2 Å². The Kier molecular flexibility index (Phi) is 4.09. The maximum absolute atomic E-state index is 14.0. The summed E-state index contributed by atoms with van der Waals surface area (Å²) in [5.74, 6) is 0.555. The molecule has 0 radical (unpaired) electrons. The van der Waals surface area contributed by atoms with Gasteiger partial charge >= 0.3 is 0 Å². The van der Waals surface area contributed by atoms with E-state index in [9.17, 15) is 4.39 Å². The highest BCUT2D eigenvalue weighted by atomic mass is 19.1. The SMILES string of the molecule is COc1cc(C)c(C(N)c2cc(C)ccc2F)cc1C. The largest absolute Gasteiger partial charge is 0.496 e. The van der Waals surface area contributed by atoms with E-state index in [2.05, 4.69) is 0 Å². The van der Waals surface area contributed by atoms with Crippen LogP contribution in [-0.2, 0) is 0 Å². The maximum Gasteiger partial charge on any atom is 0.128 e. The summed E-state index contributed by atoms with van der Waals surface area (Å²) in [4.78, 5) is 0. The van der Waals surface area contributed by atoms with E-state index in [1.54, 1.807) is 19.2 Å². The predicted molar refractivity (Wildman–Crippen MR) is 79.6 cm³/mol. The summed E-state index contributed by atoms with van der Waals surface area (Å²) in [7, 11) is 1.64. The molecule has 0 spiro atoms. The van der Waals surface area contributed by atoms with Gasteiger partial charge in [0.15, 0.2) is 0 Å². The standard InChI is InChI=1S/C17H20FNO/c1-10-5-6-15(18)14(7-10)17(19)13-8-12(3)16(20-4)9-11(13)2/h5-9,17H,19H2,1-4H3. The van der Waals surface area contributed by atoms with Gasteiger partial charge in [0.1, 0.15) is 11.6 Å². The first-order chi connectivity index (χ1) is 9.43. The molecule has 0 aromatic heterocycles.